The number of amides is 1. The number of hydrogen-bond donors (Lipinski definition) is 1. The number of ether oxygens (including phenoxy) is 1. The molecule has 0 bridgehead atoms. The van der Waals surface area contributed by atoms with E-state index in [1.165, 1.54) is 10.6 Å². The van der Waals surface area contributed by atoms with Crippen LogP contribution in [0.15, 0.2) is 0 Å². The average Bonchev–Trinajstić information content (AvgIpc) is 2.31. The van der Waals surface area contributed by atoms with Gasteiger partial charge in [0.2, 0.25) is 15.9 Å². The number of nitrogens with zero attached hydrogens (tertiary/aromatic N) is 1. The van der Waals surface area contributed by atoms with Crippen LogP contribution in [0.25, 0.3) is 0 Å². The summed E-state index contributed by atoms with van der Waals surface area (Å²) in [5.74, 6) is -0.168. The lowest BCUT2D eigenvalue weighted by Gasteiger charge is -2.38. The molecule has 138 valence electrons. The lowest BCUT2D eigenvalue weighted by Crippen LogP contribution is -2.50. The molecule has 0 rings (SSSR count). The molecular formula is C16H34N2O4S. The van der Waals surface area contributed by atoms with Gasteiger partial charge in [-0.15, -0.1) is 0 Å². The molecule has 1 amide bonds. The minimum absolute atomic E-state index is 0.0986. The Morgan fingerprint density at radius 1 is 1.17 bits per heavy atom. The van der Waals surface area contributed by atoms with Gasteiger partial charge in [0.15, 0.2) is 0 Å². The maximum Gasteiger partial charge on any atom is 0.222 e. The van der Waals surface area contributed by atoms with Gasteiger partial charge in [-0.1, -0.05) is 20.8 Å². The van der Waals surface area contributed by atoms with Crippen molar-refractivity contribution in [3.8, 4) is 0 Å². The number of rotatable bonds is 7. The molecule has 7 heteroatoms. The van der Waals surface area contributed by atoms with Gasteiger partial charge in [-0.3, -0.25) is 4.79 Å². The van der Waals surface area contributed by atoms with Gasteiger partial charge in [-0.05, 0) is 33.1 Å². The third-order valence-electron chi connectivity index (χ3n) is 3.83. The van der Waals surface area contributed by atoms with E-state index >= 15 is 0 Å². The first-order valence-electron chi connectivity index (χ1n) is 7.93. The molecule has 0 spiro atoms. The van der Waals surface area contributed by atoms with E-state index in [1.54, 1.807) is 7.05 Å². The molecule has 6 nitrogen and oxygen atoms in total. The fraction of sp³-hybridized carbons (Fsp3) is 0.938. The Kier molecular flexibility index (Phi) is 7.71. The molecule has 2 atom stereocenters. The van der Waals surface area contributed by atoms with Gasteiger partial charge in [0, 0.05) is 19.1 Å². The topological polar surface area (TPSA) is 75.7 Å². The normalized spacial score (nSPS) is 16.3. The van der Waals surface area contributed by atoms with Gasteiger partial charge in [0.05, 0.1) is 24.9 Å². The summed E-state index contributed by atoms with van der Waals surface area (Å²) >= 11 is 0. The van der Waals surface area contributed by atoms with E-state index in [0.717, 1.165) is 0 Å². The highest BCUT2D eigenvalue weighted by molar-refractivity contribution is 7.88. The molecule has 0 aliphatic rings. The second-order valence-corrected chi connectivity index (χ2v) is 10.0. The first kappa shape index (κ1) is 22.3. The van der Waals surface area contributed by atoms with Crippen LogP contribution in [0.5, 0.6) is 0 Å². The van der Waals surface area contributed by atoms with Crippen LogP contribution in [0.2, 0.25) is 0 Å². The average molecular weight is 351 g/mol. The molecule has 0 aromatic rings. The third-order valence-corrected chi connectivity index (χ3v) is 5.32. The van der Waals surface area contributed by atoms with Crippen molar-refractivity contribution in [1.29, 1.82) is 0 Å². The molecule has 0 saturated heterocycles. The predicted molar refractivity (Wildman–Crippen MR) is 93.8 cm³/mol. The van der Waals surface area contributed by atoms with Crippen LogP contribution in [-0.4, -0.2) is 56.2 Å². The van der Waals surface area contributed by atoms with E-state index in [2.05, 4.69) is 5.32 Å². The van der Waals surface area contributed by atoms with Crippen LogP contribution in [0, 0.1) is 5.41 Å². The van der Waals surface area contributed by atoms with Crippen molar-refractivity contribution in [2.45, 2.75) is 72.6 Å². The Hall–Kier alpha value is -0.660. The van der Waals surface area contributed by atoms with Gasteiger partial charge < -0.3 is 10.1 Å². The maximum absolute atomic E-state index is 12.1. The van der Waals surface area contributed by atoms with Gasteiger partial charge in [-0.25, -0.2) is 8.42 Å². The van der Waals surface area contributed by atoms with Crippen molar-refractivity contribution in [2.75, 3.05) is 19.8 Å². The van der Waals surface area contributed by atoms with E-state index in [9.17, 15) is 13.2 Å². The van der Waals surface area contributed by atoms with Crippen LogP contribution >= 0.6 is 0 Å². The standard InChI is InChI=1S/C16H34N2O4S/c1-12(15(2,3)4)22-13(10-14(19)17-8)11-18(16(5,6)7)23(9,20)21/h12-13H,10-11H2,1-9H3,(H,17,19). The molecule has 2 unspecified atom stereocenters. The molecule has 0 fully saturated rings. The Morgan fingerprint density at radius 3 is 1.96 bits per heavy atom. The fourth-order valence-electron chi connectivity index (χ4n) is 2.05. The zero-order valence-electron chi connectivity index (χ0n) is 16.1. The van der Waals surface area contributed by atoms with Gasteiger partial charge in [-0.2, -0.15) is 4.31 Å². The lowest BCUT2D eigenvalue weighted by molar-refractivity contribution is -0.127. The fourth-order valence-corrected chi connectivity index (χ4v) is 3.48. The molecule has 0 saturated carbocycles. The predicted octanol–water partition coefficient (Wildman–Crippen LogP) is 2.00. The van der Waals surface area contributed by atoms with E-state index in [-0.39, 0.29) is 30.4 Å². The summed E-state index contributed by atoms with van der Waals surface area (Å²) < 4.78 is 31.7. The summed E-state index contributed by atoms with van der Waals surface area (Å²) in [5, 5.41) is 2.57. The lowest BCUT2D eigenvalue weighted by atomic mass is 9.90. The highest BCUT2D eigenvalue weighted by Crippen LogP contribution is 2.25. The monoisotopic (exact) mass is 350 g/mol. The Bertz CT molecular complexity index is 489. The SMILES string of the molecule is CNC(=O)CC(CN(C(C)(C)C)S(C)(=O)=O)OC(C)C(C)(C)C. The summed E-state index contributed by atoms with van der Waals surface area (Å²) in [6.07, 6.45) is 0.693. The molecule has 0 aliphatic heterocycles. The van der Waals surface area contributed by atoms with E-state index < -0.39 is 21.7 Å². The van der Waals surface area contributed by atoms with Gasteiger partial charge in [0.1, 0.15) is 0 Å². The molecule has 0 aromatic heterocycles. The smallest absolute Gasteiger partial charge is 0.222 e. The molecule has 0 aliphatic carbocycles. The van der Waals surface area contributed by atoms with Gasteiger partial charge >= 0.3 is 0 Å². The summed E-state index contributed by atoms with van der Waals surface area (Å²) in [6, 6.07) is 0. The van der Waals surface area contributed by atoms with E-state index in [4.69, 9.17) is 4.74 Å². The number of nitrogens with one attached hydrogen (secondary N) is 1. The quantitative estimate of drug-likeness (QED) is 0.762. The largest absolute Gasteiger partial charge is 0.373 e. The van der Waals surface area contributed by atoms with Crippen LogP contribution in [0.3, 0.4) is 0 Å². The third kappa shape index (κ3) is 8.13. The Balaban J connectivity index is 5.38. The Morgan fingerprint density at radius 2 is 1.65 bits per heavy atom. The number of hydrogen-bond acceptors (Lipinski definition) is 4. The van der Waals surface area contributed by atoms with Crippen LogP contribution < -0.4 is 5.32 Å². The summed E-state index contributed by atoms with van der Waals surface area (Å²) in [7, 11) is -1.85. The number of sulfonamides is 1. The van der Waals surface area contributed by atoms with Crippen molar-refractivity contribution in [3.05, 3.63) is 0 Å². The van der Waals surface area contributed by atoms with Gasteiger partial charge in [0.25, 0.3) is 0 Å². The van der Waals surface area contributed by atoms with Crippen molar-refractivity contribution >= 4 is 15.9 Å². The summed E-state index contributed by atoms with van der Waals surface area (Å²) in [6.45, 7) is 13.7. The molecule has 0 aromatic carbocycles. The van der Waals surface area contributed by atoms with Crippen molar-refractivity contribution < 1.29 is 17.9 Å². The zero-order chi connectivity index (χ0) is 18.6. The van der Waals surface area contributed by atoms with Crippen molar-refractivity contribution in [3.63, 3.8) is 0 Å². The van der Waals surface area contributed by atoms with E-state index in [1.807, 2.05) is 48.5 Å². The van der Waals surface area contributed by atoms with Crippen LogP contribution in [-0.2, 0) is 19.6 Å². The van der Waals surface area contributed by atoms with E-state index in [0.29, 0.717) is 0 Å². The molecule has 0 radical (unpaired) electrons. The number of carbonyl (C=O) groups is 1. The zero-order valence-corrected chi connectivity index (χ0v) is 16.9. The first-order valence-corrected chi connectivity index (χ1v) is 9.77. The first-order chi connectivity index (χ1) is 10.1. The second-order valence-electron chi connectivity index (χ2n) is 8.11. The summed E-state index contributed by atoms with van der Waals surface area (Å²) in [4.78, 5) is 11.8. The highest BCUT2D eigenvalue weighted by atomic mass is 32.2. The Labute approximate surface area is 142 Å². The van der Waals surface area contributed by atoms with Crippen LogP contribution in [0.1, 0.15) is 54.9 Å². The highest BCUT2D eigenvalue weighted by Gasteiger charge is 2.34. The minimum Gasteiger partial charge on any atom is -0.373 e. The summed E-state index contributed by atoms with van der Waals surface area (Å²) in [5.41, 5.74) is -0.679. The van der Waals surface area contributed by atoms with Crippen molar-refractivity contribution in [2.24, 2.45) is 5.41 Å². The minimum atomic E-state index is -3.41. The second kappa shape index (κ2) is 7.94. The molecule has 23 heavy (non-hydrogen) atoms. The molecule has 1 N–H and O–H groups in total. The number of carbonyl (C=O) groups excluding carboxylic acids is 1. The molecule has 0 heterocycles. The van der Waals surface area contributed by atoms with Crippen LogP contribution in [0.4, 0.5) is 0 Å². The molecular weight excluding hydrogens is 316 g/mol. The van der Waals surface area contributed by atoms with Crippen molar-refractivity contribution in [1.82, 2.24) is 9.62 Å². The maximum atomic E-state index is 12.1.